The van der Waals surface area contributed by atoms with Crippen molar-refractivity contribution in [1.29, 1.82) is 0 Å². The highest BCUT2D eigenvalue weighted by Gasteiger charge is 2.12. The number of halogens is 1. The minimum atomic E-state index is -0.245. The van der Waals surface area contributed by atoms with E-state index >= 15 is 0 Å². The van der Waals surface area contributed by atoms with E-state index in [0.717, 1.165) is 10.2 Å². The minimum absolute atomic E-state index is 0.245. The zero-order valence-corrected chi connectivity index (χ0v) is 12.1. The summed E-state index contributed by atoms with van der Waals surface area (Å²) >= 11 is 4.95. The van der Waals surface area contributed by atoms with Gasteiger partial charge in [0.1, 0.15) is 4.88 Å². The van der Waals surface area contributed by atoms with Crippen molar-refractivity contribution >= 4 is 33.2 Å². The van der Waals surface area contributed by atoms with Gasteiger partial charge in [0.2, 0.25) is 0 Å². The van der Waals surface area contributed by atoms with Crippen LogP contribution in [0.15, 0.2) is 9.85 Å². The molecule has 0 unspecified atom stereocenters. The summed E-state index contributed by atoms with van der Waals surface area (Å²) in [4.78, 5) is 12.0. The summed E-state index contributed by atoms with van der Waals surface area (Å²) in [5.41, 5.74) is 1.22. The molecule has 0 saturated carbocycles. The first-order valence-electron chi connectivity index (χ1n) is 5.55. The monoisotopic (exact) mass is 304 g/mol. The molecule has 0 aliphatic carbocycles. The Bertz CT molecular complexity index is 347. The predicted molar refractivity (Wildman–Crippen MR) is 71.2 cm³/mol. The van der Waals surface area contributed by atoms with Crippen molar-refractivity contribution in [2.75, 3.05) is 7.11 Å². The third kappa shape index (κ3) is 3.91. The van der Waals surface area contributed by atoms with Crippen molar-refractivity contribution in [1.82, 2.24) is 0 Å². The van der Waals surface area contributed by atoms with E-state index in [-0.39, 0.29) is 5.97 Å². The fraction of sp³-hybridized carbons (Fsp3) is 0.583. The Kier molecular flexibility index (Phi) is 6.06. The van der Waals surface area contributed by atoms with E-state index in [0.29, 0.717) is 4.88 Å². The Hall–Kier alpha value is -0.350. The first kappa shape index (κ1) is 13.7. The molecule has 4 heteroatoms. The van der Waals surface area contributed by atoms with Gasteiger partial charge in [0.05, 0.1) is 10.9 Å². The van der Waals surface area contributed by atoms with Crippen molar-refractivity contribution in [3.8, 4) is 0 Å². The number of methoxy groups -OCH3 is 1. The number of esters is 1. The number of ether oxygens (including phenoxy) is 1. The minimum Gasteiger partial charge on any atom is -0.465 e. The van der Waals surface area contributed by atoms with Crippen LogP contribution in [0.1, 0.15) is 47.8 Å². The summed E-state index contributed by atoms with van der Waals surface area (Å²) in [5.74, 6) is -0.245. The lowest BCUT2D eigenvalue weighted by atomic mass is 10.1. The van der Waals surface area contributed by atoms with Crippen molar-refractivity contribution in [2.45, 2.75) is 39.0 Å². The molecule has 90 valence electrons. The zero-order valence-electron chi connectivity index (χ0n) is 9.72. The van der Waals surface area contributed by atoms with Gasteiger partial charge in [-0.25, -0.2) is 4.79 Å². The van der Waals surface area contributed by atoms with E-state index in [1.165, 1.54) is 49.7 Å². The lowest BCUT2D eigenvalue weighted by Gasteiger charge is -1.98. The number of carbonyl (C=O) groups excluding carboxylic acids is 1. The van der Waals surface area contributed by atoms with Crippen LogP contribution < -0.4 is 0 Å². The Morgan fingerprint density at radius 3 is 2.81 bits per heavy atom. The van der Waals surface area contributed by atoms with Crippen molar-refractivity contribution in [3.63, 3.8) is 0 Å². The molecule has 0 aliphatic rings. The molecule has 16 heavy (non-hydrogen) atoms. The first-order chi connectivity index (χ1) is 7.69. The van der Waals surface area contributed by atoms with Gasteiger partial charge >= 0.3 is 5.97 Å². The molecule has 1 rings (SSSR count). The standard InChI is InChI=1S/C12H17BrO2S/c1-3-4-5-6-7-9-8-10(12(14)15-2)16-11(9)13/h8H,3-7H2,1-2H3. The number of hydrogen-bond acceptors (Lipinski definition) is 3. The van der Waals surface area contributed by atoms with Gasteiger partial charge in [-0.2, -0.15) is 0 Å². The summed E-state index contributed by atoms with van der Waals surface area (Å²) in [6.45, 7) is 2.20. The van der Waals surface area contributed by atoms with E-state index in [1.807, 2.05) is 6.07 Å². The van der Waals surface area contributed by atoms with Crippen LogP contribution in [0.5, 0.6) is 0 Å². The zero-order chi connectivity index (χ0) is 12.0. The van der Waals surface area contributed by atoms with Crippen LogP contribution in [-0.2, 0) is 11.2 Å². The number of aryl methyl sites for hydroxylation is 1. The molecule has 0 fully saturated rings. The average molecular weight is 305 g/mol. The molecule has 0 N–H and O–H groups in total. The van der Waals surface area contributed by atoms with Gasteiger partial charge in [0.15, 0.2) is 0 Å². The summed E-state index contributed by atoms with van der Waals surface area (Å²) < 4.78 is 5.76. The largest absolute Gasteiger partial charge is 0.465 e. The Labute approximate surface area is 109 Å². The molecule has 0 bridgehead atoms. The maximum atomic E-state index is 11.3. The summed E-state index contributed by atoms with van der Waals surface area (Å²) in [5, 5.41) is 0. The third-order valence-electron chi connectivity index (χ3n) is 2.44. The van der Waals surface area contributed by atoms with Crippen LogP contribution in [-0.4, -0.2) is 13.1 Å². The number of carbonyl (C=O) groups is 1. The van der Waals surface area contributed by atoms with Crippen LogP contribution in [0, 0.1) is 0 Å². The van der Waals surface area contributed by atoms with Crippen LogP contribution in [0.2, 0.25) is 0 Å². The molecular weight excluding hydrogens is 288 g/mol. The van der Waals surface area contributed by atoms with Gasteiger partial charge in [-0.15, -0.1) is 11.3 Å². The van der Waals surface area contributed by atoms with Gasteiger partial charge in [-0.05, 0) is 40.4 Å². The Morgan fingerprint density at radius 2 is 2.19 bits per heavy atom. The maximum Gasteiger partial charge on any atom is 0.348 e. The first-order valence-corrected chi connectivity index (χ1v) is 7.16. The van der Waals surface area contributed by atoms with Gasteiger partial charge in [0.25, 0.3) is 0 Å². The fourth-order valence-electron chi connectivity index (χ4n) is 1.52. The van der Waals surface area contributed by atoms with Gasteiger partial charge in [-0.3, -0.25) is 0 Å². The average Bonchev–Trinajstić information content (AvgIpc) is 2.65. The van der Waals surface area contributed by atoms with E-state index < -0.39 is 0 Å². The molecule has 0 saturated heterocycles. The van der Waals surface area contributed by atoms with E-state index in [9.17, 15) is 4.79 Å². The second-order valence-electron chi connectivity index (χ2n) is 3.71. The van der Waals surface area contributed by atoms with E-state index in [4.69, 9.17) is 4.74 Å². The van der Waals surface area contributed by atoms with Crippen molar-refractivity contribution in [2.24, 2.45) is 0 Å². The Morgan fingerprint density at radius 1 is 1.44 bits per heavy atom. The van der Waals surface area contributed by atoms with Crippen molar-refractivity contribution in [3.05, 3.63) is 20.3 Å². The van der Waals surface area contributed by atoms with E-state index in [2.05, 4.69) is 22.9 Å². The van der Waals surface area contributed by atoms with Crippen LogP contribution in [0.3, 0.4) is 0 Å². The Balaban J connectivity index is 2.53. The third-order valence-corrected chi connectivity index (χ3v) is 4.38. The second kappa shape index (κ2) is 7.07. The molecule has 0 aromatic carbocycles. The van der Waals surface area contributed by atoms with Gasteiger partial charge in [0, 0.05) is 0 Å². The van der Waals surface area contributed by atoms with Gasteiger partial charge in [-0.1, -0.05) is 26.2 Å². The lowest BCUT2D eigenvalue weighted by Crippen LogP contribution is -1.97. The number of unbranched alkanes of at least 4 members (excludes halogenated alkanes) is 3. The molecule has 0 atom stereocenters. The molecule has 0 amide bonds. The molecule has 1 heterocycles. The topological polar surface area (TPSA) is 26.3 Å². The van der Waals surface area contributed by atoms with Gasteiger partial charge < -0.3 is 4.74 Å². The molecule has 1 aromatic heterocycles. The molecular formula is C12H17BrO2S. The molecule has 0 aliphatic heterocycles. The van der Waals surface area contributed by atoms with Crippen LogP contribution >= 0.6 is 27.3 Å². The second-order valence-corrected chi connectivity index (χ2v) is 6.08. The normalized spacial score (nSPS) is 10.4. The highest BCUT2D eigenvalue weighted by Crippen LogP contribution is 2.29. The lowest BCUT2D eigenvalue weighted by molar-refractivity contribution is 0.0606. The summed E-state index contributed by atoms with van der Waals surface area (Å²) in [6.07, 6.45) is 6.01. The summed E-state index contributed by atoms with van der Waals surface area (Å²) in [7, 11) is 1.41. The molecule has 2 nitrogen and oxygen atoms in total. The quantitative estimate of drug-likeness (QED) is 0.574. The van der Waals surface area contributed by atoms with Crippen LogP contribution in [0.4, 0.5) is 0 Å². The highest BCUT2D eigenvalue weighted by atomic mass is 79.9. The molecule has 0 spiro atoms. The van der Waals surface area contributed by atoms with Crippen LogP contribution in [0.25, 0.3) is 0 Å². The number of rotatable bonds is 6. The fourth-order valence-corrected chi connectivity index (χ4v) is 3.21. The summed E-state index contributed by atoms with van der Waals surface area (Å²) in [6, 6.07) is 1.94. The molecule has 0 radical (unpaired) electrons. The SMILES string of the molecule is CCCCCCc1cc(C(=O)OC)sc1Br. The van der Waals surface area contributed by atoms with E-state index in [1.54, 1.807) is 0 Å². The predicted octanol–water partition coefficient (Wildman–Crippen LogP) is 4.42. The number of thiophene rings is 1. The number of hydrogen-bond donors (Lipinski definition) is 0. The smallest absolute Gasteiger partial charge is 0.348 e. The molecule has 1 aromatic rings. The maximum absolute atomic E-state index is 11.3. The van der Waals surface area contributed by atoms with Crippen molar-refractivity contribution < 1.29 is 9.53 Å². The highest BCUT2D eigenvalue weighted by molar-refractivity contribution is 9.11.